The number of aromatic nitrogens is 3. The zero-order valence-corrected chi connectivity index (χ0v) is 26.2. The van der Waals surface area contributed by atoms with Crippen LogP contribution in [0.1, 0.15) is 44.2 Å². The van der Waals surface area contributed by atoms with Crippen LogP contribution in [-0.4, -0.2) is 21.1 Å². The van der Waals surface area contributed by atoms with Crippen molar-refractivity contribution in [1.29, 1.82) is 0 Å². The molecule has 46 heavy (non-hydrogen) atoms. The molecule has 0 N–H and O–H groups in total. The molecule has 2 heterocycles. The van der Waals surface area contributed by atoms with Crippen LogP contribution in [-0.2, 0) is 10.2 Å². The number of hydrogen-bond acceptors (Lipinski definition) is 4. The van der Waals surface area contributed by atoms with Crippen molar-refractivity contribution in [3.8, 4) is 45.3 Å². The molecule has 0 radical (unpaired) electrons. The largest absolute Gasteiger partial charge is 0.486 e. The predicted octanol–water partition coefficient (Wildman–Crippen LogP) is 9.85. The van der Waals surface area contributed by atoms with Crippen LogP contribution in [0.2, 0.25) is 0 Å². The zero-order valence-electron chi connectivity index (χ0n) is 26.2. The summed E-state index contributed by atoms with van der Waals surface area (Å²) < 4.78 is 6.52. The lowest BCUT2D eigenvalue weighted by atomic mass is 9.71. The third-order valence-corrected chi connectivity index (χ3v) is 10.5. The van der Waals surface area contributed by atoms with Crippen molar-refractivity contribution in [3.05, 3.63) is 144 Å². The Kier molecular flexibility index (Phi) is 6.21. The van der Waals surface area contributed by atoms with E-state index in [1.165, 1.54) is 27.8 Å². The molecule has 3 atom stereocenters. The summed E-state index contributed by atoms with van der Waals surface area (Å²) in [7, 11) is 0. The molecule has 0 amide bonds. The van der Waals surface area contributed by atoms with E-state index in [1.54, 1.807) is 0 Å². The second kappa shape index (κ2) is 10.5. The van der Waals surface area contributed by atoms with E-state index in [0.29, 0.717) is 29.3 Å². The highest BCUT2D eigenvalue weighted by atomic mass is 16.5. The average molecular weight is 598 g/mol. The molecule has 1 aromatic heterocycles. The summed E-state index contributed by atoms with van der Waals surface area (Å²) in [6.07, 6.45) is 10.4. The van der Waals surface area contributed by atoms with Crippen molar-refractivity contribution < 1.29 is 4.74 Å². The van der Waals surface area contributed by atoms with Crippen LogP contribution in [0.15, 0.2) is 133 Å². The Labute approximate surface area is 270 Å². The van der Waals surface area contributed by atoms with Crippen molar-refractivity contribution in [2.45, 2.75) is 44.6 Å². The van der Waals surface area contributed by atoms with Gasteiger partial charge in [-0.15, -0.1) is 0 Å². The smallest absolute Gasteiger partial charge is 0.164 e. The van der Waals surface area contributed by atoms with Gasteiger partial charge in [0.25, 0.3) is 0 Å². The number of rotatable bonds is 4. The summed E-state index contributed by atoms with van der Waals surface area (Å²) in [4.78, 5) is 14.8. The highest BCUT2D eigenvalue weighted by molar-refractivity contribution is 5.87. The summed E-state index contributed by atoms with van der Waals surface area (Å²) in [6.45, 7) is 4.85. The predicted molar refractivity (Wildman–Crippen MR) is 184 cm³/mol. The number of nitrogens with zero attached hydrogens (tertiary/aromatic N) is 3. The Bertz CT molecular complexity index is 2030. The standard InChI is InChI=1S/C42H35N3O/c1-42(2)33-21-20-29(25-32(33)37-34(42)22-23-36-38(37)31-18-9-10-19-35(31)46-36)28-16-11-17-30(24-28)41-44-39(26-12-5-3-6-13-26)43-40(45-41)27-14-7-4-8-15-27/h3-8,10-17,19-21,23-25,31,34-35H,9,18,22H2,1-2H3. The second-order valence-corrected chi connectivity index (χ2v) is 13.5. The maximum Gasteiger partial charge on any atom is 0.164 e. The second-order valence-electron chi connectivity index (χ2n) is 13.5. The van der Waals surface area contributed by atoms with Crippen molar-refractivity contribution in [1.82, 2.24) is 15.0 Å². The fourth-order valence-corrected chi connectivity index (χ4v) is 8.11. The molecule has 3 aliphatic carbocycles. The monoisotopic (exact) mass is 597 g/mol. The van der Waals surface area contributed by atoms with E-state index in [9.17, 15) is 0 Å². The summed E-state index contributed by atoms with van der Waals surface area (Å²) >= 11 is 0. The topological polar surface area (TPSA) is 47.9 Å². The quantitative estimate of drug-likeness (QED) is 0.194. The number of benzene rings is 4. The van der Waals surface area contributed by atoms with E-state index in [0.717, 1.165) is 47.3 Å². The first-order valence-corrected chi connectivity index (χ1v) is 16.4. The van der Waals surface area contributed by atoms with Crippen LogP contribution >= 0.6 is 0 Å². The fraction of sp³-hybridized carbons (Fsp3) is 0.214. The molecule has 0 bridgehead atoms. The highest BCUT2D eigenvalue weighted by Gasteiger charge is 2.50. The van der Waals surface area contributed by atoms with E-state index in [-0.39, 0.29) is 11.5 Å². The molecular weight excluding hydrogens is 562 g/mol. The lowest BCUT2D eigenvalue weighted by molar-refractivity contribution is 0.164. The number of fused-ring (bicyclic) bond motifs is 6. The summed E-state index contributed by atoms with van der Waals surface area (Å²) in [5, 5.41) is 0. The normalized spacial score (nSPS) is 22.0. The molecule has 4 nitrogen and oxygen atoms in total. The summed E-state index contributed by atoms with van der Waals surface area (Å²) in [5.41, 5.74) is 11.2. The van der Waals surface area contributed by atoms with E-state index in [2.05, 4.69) is 74.5 Å². The Morgan fingerprint density at radius 2 is 1.28 bits per heavy atom. The van der Waals surface area contributed by atoms with Crippen LogP contribution in [0.4, 0.5) is 0 Å². The van der Waals surface area contributed by atoms with E-state index in [4.69, 9.17) is 19.7 Å². The molecule has 4 heteroatoms. The lowest BCUT2D eigenvalue weighted by Crippen LogP contribution is -2.25. The molecule has 5 aromatic rings. The Hall–Kier alpha value is -5.09. The minimum atomic E-state index is 0.0647. The molecule has 1 fully saturated rings. The van der Waals surface area contributed by atoms with E-state index in [1.807, 2.05) is 60.7 Å². The van der Waals surface area contributed by atoms with Crippen LogP contribution in [0, 0.1) is 11.8 Å². The zero-order chi connectivity index (χ0) is 30.8. The highest BCUT2D eigenvalue weighted by Crippen LogP contribution is 2.59. The fourth-order valence-electron chi connectivity index (χ4n) is 8.11. The molecule has 224 valence electrons. The van der Waals surface area contributed by atoms with Crippen LogP contribution in [0.5, 0.6) is 0 Å². The van der Waals surface area contributed by atoms with Crippen molar-refractivity contribution in [2.75, 3.05) is 0 Å². The van der Waals surface area contributed by atoms with Gasteiger partial charge in [0.15, 0.2) is 17.5 Å². The Balaban J connectivity index is 1.16. The molecule has 4 aromatic carbocycles. The molecule has 9 rings (SSSR count). The summed E-state index contributed by atoms with van der Waals surface area (Å²) in [6, 6.07) is 36.0. The van der Waals surface area contributed by atoms with Gasteiger partial charge < -0.3 is 4.74 Å². The van der Waals surface area contributed by atoms with E-state index >= 15 is 0 Å². The first-order chi connectivity index (χ1) is 22.5. The summed E-state index contributed by atoms with van der Waals surface area (Å²) in [5.74, 6) is 4.05. The van der Waals surface area contributed by atoms with Gasteiger partial charge in [-0.05, 0) is 82.7 Å². The minimum absolute atomic E-state index is 0.0647. The molecule has 3 unspecified atom stereocenters. The third-order valence-electron chi connectivity index (χ3n) is 10.5. The first-order valence-electron chi connectivity index (χ1n) is 16.4. The van der Waals surface area contributed by atoms with Gasteiger partial charge in [0, 0.05) is 28.2 Å². The number of allylic oxidation sites excluding steroid dienone is 4. The van der Waals surface area contributed by atoms with Crippen LogP contribution in [0.3, 0.4) is 0 Å². The molecule has 0 saturated carbocycles. The number of ether oxygens (including phenoxy) is 1. The minimum Gasteiger partial charge on any atom is -0.486 e. The molecule has 4 aliphatic rings. The lowest BCUT2D eigenvalue weighted by Gasteiger charge is -2.31. The van der Waals surface area contributed by atoms with Gasteiger partial charge in [0.05, 0.1) is 0 Å². The Morgan fingerprint density at radius 1 is 0.652 bits per heavy atom. The van der Waals surface area contributed by atoms with Crippen molar-refractivity contribution in [3.63, 3.8) is 0 Å². The van der Waals surface area contributed by atoms with Gasteiger partial charge in [0.1, 0.15) is 11.9 Å². The maximum atomic E-state index is 6.52. The van der Waals surface area contributed by atoms with Gasteiger partial charge in [-0.3, -0.25) is 0 Å². The third kappa shape index (κ3) is 4.31. The molecule has 1 aliphatic heterocycles. The maximum absolute atomic E-state index is 6.52. The van der Waals surface area contributed by atoms with Gasteiger partial charge in [-0.25, -0.2) is 15.0 Å². The van der Waals surface area contributed by atoms with E-state index < -0.39 is 0 Å². The molecular formula is C42H35N3O. The van der Waals surface area contributed by atoms with Crippen molar-refractivity contribution >= 4 is 5.57 Å². The molecule has 1 saturated heterocycles. The van der Waals surface area contributed by atoms with Crippen LogP contribution in [0.25, 0.3) is 50.9 Å². The van der Waals surface area contributed by atoms with Gasteiger partial charge in [-0.1, -0.05) is 111 Å². The van der Waals surface area contributed by atoms with Crippen molar-refractivity contribution in [2.24, 2.45) is 11.8 Å². The van der Waals surface area contributed by atoms with Gasteiger partial charge in [-0.2, -0.15) is 0 Å². The van der Waals surface area contributed by atoms with Gasteiger partial charge in [0.2, 0.25) is 0 Å². The van der Waals surface area contributed by atoms with Gasteiger partial charge >= 0.3 is 0 Å². The SMILES string of the molecule is CC1(C)c2ccc(-c3cccc(-c4nc(-c5ccccc5)nc(-c5ccccc5)n4)c3)cc2C2=C3C(=CCC21)OC1C=CCCC31. The average Bonchev–Trinajstić information content (AvgIpc) is 3.60. The number of hydrogen-bond donors (Lipinski definition) is 0. The molecule has 0 spiro atoms. The first kappa shape index (κ1) is 27.2. The van der Waals surface area contributed by atoms with Crippen LogP contribution < -0.4 is 0 Å². The Morgan fingerprint density at radius 3 is 2.00 bits per heavy atom.